The molecule has 2 aliphatic heterocycles. The van der Waals surface area contributed by atoms with Crippen LogP contribution < -0.4 is 4.90 Å². The van der Waals surface area contributed by atoms with Gasteiger partial charge in [0.25, 0.3) is 0 Å². The van der Waals surface area contributed by atoms with Crippen molar-refractivity contribution in [1.82, 2.24) is 14.5 Å². The molecule has 1 aromatic heterocycles. The van der Waals surface area contributed by atoms with Gasteiger partial charge in [-0.25, -0.2) is 4.98 Å². The van der Waals surface area contributed by atoms with Gasteiger partial charge in [-0.05, 0) is 31.4 Å². The van der Waals surface area contributed by atoms with Gasteiger partial charge in [0.2, 0.25) is 11.9 Å². The number of imidazole rings is 1. The van der Waals surface area contributed by atoms with Crippen LogP contribution in [0.1, 0.15) is 19.3 Å². The highest BCUT2D eigenvalue weighted by atomic mass is 16.3. The van der Waals surface area contributed by atoms with Crippen LogP contribution in [0, 0.1) is 5.41 Å². The number of carbonyl (C=O) groups excluding carboxylic acids is 1. The van der Waals surface area contributed by atoms with Crippen molar-refractivity contribution >= 4 is 22.9 Å². The molecule has 0 radical (unpaired) electrons. The fourth-order valence-corrected chi connectivity index (χ4v) is 4.53. The van der Waals surface area contributed by atoms with Gasteiger partial charge in [0, 0.05) is 32.7 Å². The number of aliphatic hydroxyl groups excluding tert-OH is 2. The summed E-state index contributed by atoms with van der Waals surface area (Å²) in [5.41, 5.74) is 1.55. The van der Waals surface area contributed by atoms with Gasteiger partial charge < -0.3 is 24.6 Å². The maximum atomic E-state index is 13.0. The van der Waals surface area contributed by atoms with E-state index >= 15 is 0 Å². The standard InChI is InChI=1S/C19H26N4O3/c24-12-10-21-8-3-6-19(17(21)26)7-9-22(14-19)18-20-15-4-1-2-5-16(15)23(18)11-13-25/h1-2,4-5,24-25H,3,6-14H2/t19-/m1/s1. The Balaban J connectivity index is 1.64. The zero-order valence-corrected chi connectivity index (χ0v) is 15.0. The summed E-state index contributed by atoms with van der Waals surface area (Å²) in [6.07, 6.45) is 2.69. The van der Waals surface area contributed by atoms with E-state index in [0.717, 1.165) is 49.3 Å². The van der Waals surface area contributed by atoms with Gasteiger partial charge in [-0.2, -0.15) is 0 Å². The van der Waals surface area contributed by atoms with Crippen molar-refractivity contribution in [1.29, 1.82) is 0 Å². The minimum absolute atomic E-state index is 0.0117. The molecule has 1 spiro atoms. The van der Waals surface area contributed by atoms with Crippen LogP contribution in [-0.2, 0) is 11.3 Å². The Morgan fingerprint density at radius 3 is 2.69 bits per heavy atom. The molecule has 2 saturated heterocycles. The molecule has 3 heterocycles. The van der Waals surface area contributed by atoms with E-state index in [1.165, 1.54) is 0 Å². The number of aliphatic hydroxyl groups is 2. The van der Waals surface area contributed by atoms with E-state index in [2.05, 4.69) is 4.90 Å². The van der Waals surface area contributed by atoms with Gasteiger partial charge in [0.1, 0.15) is 0 Å². The zero-order chi connectivity index (χ0) is 18.1. The highest BCUT2D eigenvalue weighted by Gasteiger charge is 2.49. The summed E-state index contributed by atoms with van der Waals surface area (Å²) in [7, 11) is 0. The van der Waals surface area contributed by atoms with E-state index in [4.69, 9.17) is 4.98 Å². The van der Waals surface area contributed by atoms with Crippen LogP contribution in [0.3, 0.4) is 0 Å². The Morgan fingerprint density at radius 1 is 1.08 bits per heavy atom. The van der Waals surface area contributed by atoms with Crippen LogP contribution in [0.5, 0.6) is 0 Å². The Kier molecular flexibility index (Phi) is 4.58. The molecule has 7 heteroatoms. The average Bonchev–Trinajstić information content (AvgIpc) is 3.23. The van der Waals surface area contributed by atoms with Crippen molar-refractivity contribution in [3.05, 3.63) is 24.3 Å². The van der Waals surface area contributed by atoms with Gasteiger partial charge in [0.05, 0.1) is 29.7 Å². The maximum absolute atomic E-state index is 13.0. The third-order valence-electron chi connectivity index (χ3n) is 5.79. The third kappa shape index (κ3) is 2.75. The van der Waals surface area contributed by atoms with Crippen LogP contribution in [0.2, 0.25) is 0 Å². The number of piperidine rings is 1. The molecule has 4 rings (SSSR count). The number of aromatic nitrogens is 2. The van der Waals surface area contributed by atoms with Crippen molar-refractivity contribution in [2.45, 2.75) is 25.8 Å². The Labute approximate surface area is 152 Å². The van der Waals surface area contributed by atoms with E-state index in [1.807, 2.05) is 33.7 Å². The van der Waals surface area contributed by atoms with E-state index in [9.17, 15) is 15.0 Å². The molecule has 1 aromatic carbocycles. The fourth-order valence-electron chi connectivity index (χ4n) is 4.53. The number of nitrogens with zero attached hydrogens (tertiary/aromatic N) is 4. The molecule has 7 nitrogen and oxygen atoms in total. The molecule has 2 aromatic rings. The predicted octanol–water partition coefficient (Wildman–Crippen LogP) is 0.840. The van der Waals surface area contributed by atoms with Gasteiger partial charge in [-0.3, -0.25) is 4.79 Å². The summed E-state index contributed by atoms with van der Waals surface area (Å²) in [5.74, 6) is 1.01. The molecule has 2 aliphatic rings. The van der Waals surface area contributed by atoms with Crippen molar-refractivity contribution in [3.63, 3.8) is 0 Å². The number of β-amino-alcohol motifs (C(OH)–C–C–N with tert-alkyl or cyclic N) is 1. The number of benzene rings is 1. The van der Waals surface area contributed by atoms with Crippen molar-refractivity contribution in [2.75, 3.05) is 44.3 Å². The normalized spacial score (nSPS) is 23.5. The van der Waals surface area contributed by atoms with Crippen LogP contribution in [0.15, 0.2) is 24.3 Å². The number of anilines is 1. The lowest BCUT2D eigenvalue weighted by Crippen LogP contribution is -2.51. The molecule has 0 unspecified atom stereocenters. The number of hydrogen-bond donors (Lipinski definition) is 2. The number of likely N-dealkylation sites (tertiary alicyclic amines) is 1. The lowest BCUT2D eigenvalue weighted by Gasteiger charge is -2.39. The molecule has 1 amide bonds. The summed E-state index contributed by atoms with van der Waals surface area (Å²) in [4.78, 5) is 21.8. The summed E-state index contributed by atoms with van der Waals surface area (Å²) in [6, 6.07) is 7.94. The van der Waals surface area contributed by atoms with Crippen LogP contribution >= 0.6 is 0 Å². The van der Waals surface area contributed by atoms with E-state index < -0.39 is 0 Å². The largest absolute Gasteiger partial charge is 0.395 e. The number of rotatable bonds is 5. The molecular weight excluding hydrogens is 332 g/mol. The Morgan fingerprint density at radius 2 is 1.88 bits per heavy atom. The summed E-state index contributed by atoms with van der Waals surface area (Å²) < 4.78 is 2.05. The highest BCUT2D eigenvalue weighted by Crippen LogP contribution is 2.41. The quantitative estimate of drug-likeness (QED) is 0.828. The van der Waals surface area contributed by atoms with Gasteiger partial charge in [-0.1, -0.05) is 12.1 Å². The topological polar surface area (TPSA) is 81.8 Å². The fraction of sp³-hybridized carbons (Fsp3) is 0.579. The number of hydrogen-bond acceptors (Lipinski definition) is 5. The van der Waals surface area contributed by atoms with Crippen LogP contribution in [0.25, 0.3) is 11.0 Å². The second-order valence-electron chi connectivity index (χ2n) is 7.35. The second-order valence-corrected chi connectivity index (χ2v) is 7.35. The Bertz CT molecular complexity index is 803. The Hall–Kier alpha value is -2.12. The minimum Gasteiger partial charge on any atom is -0.395 e. The van der Waals surface area contributed by atoms with E-state index in [1.54, 1.807) is 0 Å². The first-order valence-corrected chi connectivity index (χ1v) is 9.40. The van der Waals surface area contributed by atoms with Crippen molar-refractivity contribution in [3.8, 4) is 0 Å². The number of fused-ring (bicyclic) bond motifs is 1. The second kappa shape index (κ2) is 6.89. The number of amides is 1. The van der Waals surface area contributed by atoms with E-state index in [-0.39, 0.29) is 24.5 Å². The molecule has 0 bridgehead atoms. The van der Waals surface area contributed by atoms with Gasteiger partial charge in [-0.15, -0.1) is 0 Å². The summed E-state index contributed by atoms with van der Waals surface area (Å²) >= 11 is 0. The lowest BCUT2D eigenvalue weighted by atomic mass is 9.78. The first-order chi connectivity index (χ1) is 12.7. The predicted molar refractivity (Wildman–Crippen MR) is 99.0 cm³/mol. The maximum Gasteiger partial charge on any atom is 0.230 e. The van der Waals surface area contributed by atoms with Crippen molar-refractivity contribution < 1.29 is 15.0 Å². The molecule has 26 heavy (non-hydrogen) atoms. The van der Waals surface area contributed by atoms with Crippen molar-refractivity contribution in [2.24, 2.45) is 5.41 Å². The smallest absolute Gasteiger partial charge is 0.230 e. The van der Waals surface area contributed by atoms with E-state index in [0.29, 0.717) is 19.6 Å². The molecule has 2 N–H and O–H groups in total. The summed E-state index contributed by atoms with van der Waals surface area (Å²) in [5, 5.41) is 18.7. The highest BCUT2D eigenvalue weighted by molar-refractivity contribution is 5.85. The molecule has 0 saturated carbocycles. The molecule has 0 aliphatic carbocycles. The van der Waals surface area contributed by atoms with Gasteiger partial charge in [0.15, 0.2) is 0 Å². The van der Waals surface area contributed by atoms with Crippen LogP contribution in [-0.4, -0.2) is 70.0 Å². The number of para-hydroxylation sites is 2. The lowest BCUT2D eigenvalue weighted by molar-refractivity contribution is -0.145. The molecule has 140 valence electrons. The SMILES string of the molecule is O=C1N(CCO)CCC[C@]12CCN(c1nc3ccccc3n1CCO)C2. The number of carbonyl (C=O) groups is 1. The zero-order valence-electron chi connectivity index (χ0n) is 15.0. The third-order valence-corrected chi connectivity index (χ3v) is 5.79. The first kappa shape index (κ1) is 17.3. The van der Waals surface area contributed by atoms with Gasteiger partial charge >= 0.3 is 0 Å². The summed E-state index contributed by atoms with van der Waals surface area (Å²) in [6.45, 7) is 3.15. The average molecular weight is 358 g/mol. The molecule has 1 atom stereocenters. The minimum atomic E-state index is -0.365. The first-order valence-electron chi connectivity index (χ1n) is 9.40. The van der Waals surface area contributed by atoms with Crippen LogP contribution in [0.4, 0.5) is 5.95 Å². The molecule has 2 fully saturated rings. The molecular formula is C19H26N4O3. The monoisotopic (exact) mass is 358 g/mol.